The van der Waals surface area contributed by atoms with E-state index in [1.165, 1.54) is 19.2 Å². The number of furan rings is 1. The van der Waals surface area contributed by atoms with Crippen LogP contribution in [0.4, 0.5) is 0 Å². The Morgan fingerprint density at radius 1 is 0.862 bits per heavy atom. The van der Waals surface area contributed by atoms with Crippen LogP contribution in [0.25, 0.3) is 32.9 Å². The minimum absolute atomic E-state index is 0.0752. The third-order valence-electron chi connectivity index (χ3n) is 4.40. The number of methoxy groups -OCH3 is 1. The van der Waals surface area contributed by atoms with Crippen molar-refractivity contribution in [1.29, 1.82) is 0 Å². The summed E-state index contributed by atoms with van der Waals surface area (Å²) in [6.45, 7) is 7.64. The lowest BCUT2D eigenvalue weighted by molar-refractivity contribution is 0.199. The number of benzene rings is 2. The lowest BCUT2D eigenvalue weighted by Crippen LogP contribution is -2.10. The van der Waals surface area contributed by atoms with Crippen molar-refractivity contribution in [2.45, 2.75) is 39.9 Å². The molecule has 0 aliphatic carbocycles. The molecule has 0 saturated carbocycles. The van der Waals surface area contributed by atoms with E-state index in [0.29, 0.717) is 33.6 Å². The molecule has 0 saturated heterocycles. The molecular formula is C22H22O7. The van der Waals surface area contributed by atoms with Crippen LogP contribution in [0, 0.1) is 0 Å². The summed E-state index contributed by atoms with van der Waals surface area (Å²) < 4.78 is 28.3. The second kappa shape index (κ2) is 6.92. The second-order valence-corrected chi connectivity index (χ2v) is 7.34. The first-order chi connectivity index (χ1) is 13.8. The predicted octanol–water partition coefficient (Wildman–Crippen LogP) is 4.98. The van der Waals surface area contributed by atoms with Gasteiger partial charge in [0.2, 0.25) is 0 Å². The first-order valence-corrected chi connectivity index (χ1v) is 9.36. The van der Waals surface area contributed by atoms with Gasteiger partial charge in [0.1, 0.15) is 33.4 Å². The summed E-state index contributed by atoms with van der Waals surface area (Å²) in [5.74, 6) is 1.28. The molecule has 2 heterocycles. The van der Waals surface area contributed by atoms with Crippen molar-refractivity contribution in [3.05, 3.63) is 34.7 Å². The molecule has 0 amide bonds. The molecule has 4 rings (SSSR count). The maximum Gasteiger partial charge on any atom is 0.348 e. The molecule has 0 aliphatic heterocycles. The zero-order chi connectivity index (χ0) is 20.9. The second-order valence-electron chi connectivity index (χ2n) is 7.34. The predicted molar refractivity (Wildman–Crippen MR) is 110 cm³/mol. The van der Waals surface area contributed by atoms with Gasteiger partial charge in [-0.15, -0.1) is 0 Å². The largest absolute Gasteiger partial charge is 0.507 e. The van der Waals surface area contributed by atoms with E-state index in [-0.39, 0.29) is 34.5 Å². The highest BCUT2D eigenvalue weighted by Gasteiger charge is 2.22. The van der Waals surface area contributed by atoms with Gasteiger partial charge in [-0.05, 0) is 33.8 Å². The van der Waals surface area contributed by atoms with Crippen LogP contribution in [0.3, 0.4) is 0 Å². The molecular weight excluding hydrogens is 376 g/mol. The molecule has 0 atom stereocenters. The lowest BCUT2D eigenvalue weighted by Gasteiger charge is -2.16. The fourth-order valence-electron chi connectivity index (χ4n) is 3.33. The maximum absolute atomic E-state index is 12.8. The first-order valence-electron chi connectivity index (χ1n) is 9.36. The Morgan fingerprint density at radius 2 is 1.52 bits per heavy atom. The fourth-order valence-corrected chi connectivity index (χ4v) is 3.33. The van der Waals surface area contributed by atoms with Crippen molar-refractivity contribution in [2.24, 2.45) is 0 Å². The highest BCUT2D eigenvalue weighted by Crippen LogP contribution is 2.42. The Hall–Kier alpha value is -3.35. The molecule has 0 spiro atoms. The molecule has 0 radical (unpaired) electrons. The van der Waals surface area contributed by atoms with Gasteiger partial charge in [0.25, 0.3) is 0 Å². The number of rotatable bonds is 5. The van der Waals surface area contributed by atoms with Crippen molar-refractivity contribution < 1.29 is 28.2 Å². The smallest absolute Gasteiger partial charge is 0.348 e. The van der Waals surface area contributed by atoms with Crippen molar-refractivity contribution in [3.8, 4) is 23.0 Å². The average Bonchev–Trinajstić information content (AvgIpc) is 2.99. The van der Waals surface area contributed by atoms with Gasteiger partial charge in [-0.25, -0.2) is 4.79 Å². The van der Waals surface area contributed by atoms with E-state index < -0.39 is 5.63 Å². The normalized spacial score (nSPS) is 11.8. The van der Waals surface area contributed by atoms with Gasteiger partial charge in [0, 0.05) is 23.6 Å². The van der Waals surface area contributed by atoms with E-state index in [4.69, 9.17) is 23.0 Å². The zero-order valence-electron chi connectivity index (χ0n) is 16.9. The Balaban J connectivity index is 2.09. The van der Waals surface area contributed by atoms with Crippen LogP contribution in [-0.2, 0) is 0 Å². The van der Waals surface area contributed by atoms with Crippen LogP contribution >= 0.6 is 0 Å². The summed E-state index contributed by atoms with van der Waals surface area (Å²) in [6, 6.07) is 6.38. The summed E-state index contributed by atoms with van der Waals surface area (Å²) in [4.78, 5) is 12.8. The molecule has 2 aromatic carbocycles. The van der Waals surface area contributed by atoms with Crippen LogP contribution in [0.1, 0.15) is 27.7 Å². The molecule has 1 N–H and O–H groups in total. The Kier molecular flexibility index (Phi) is 4.53. The van der Waals surface area contributed by atoms with Crippen LogP contribution in [0.15, 0.2) is 37.9 Å². The van der Waals surface area contributed by atoms with Crippen molar-refractivity contribution in [2.75, 3.05) is 7.11 Å². The van der Waals surface area contributed by atoms with Gasteiger partial charge >= 0.3 is 5.63 Å². The highest BCUT2D eigenvalue weighted by atomic mass is 16.5. The van der Waals surface area contributed by atoms with E-state index >= 15 is 0 Å². The topological polar surface area (TPSA) is 91.3 Å². The molecule has 7 nitrogen and oxygen atoms in total. The molecule has 152 valence electrons. The molecule has 0 unspecified atom stereocenters. The van der Waals surface area contributed by atoms with E-state index in [9.17, 15) is 9.90 Å². The van der Waals surface area contributed by atoms with Crippen molar-refractivity contribution in [3.63, 3.8) is 0 Å². The SMILES string of the molecule is COc1cc(O)c2c(c1)oc(=O)c1c3cc(OC(C)C)c(OC(C)C)cc3oc21. The summed E-state index contributed by atoms with van der Waals surface area (Å²) in [7, 11) is 1.46. The van der Waals surface area contributed by atoms with Crippen LogP contribution < -0.4 is 19.8 Å². The van der Waals surface area contributed by atoms with E-state index in [2.05, 4.69) is 0 Å². The minimum Gasteiger partial charge on any atom is -0.507 e. The molecule has 7 heteroatoms. The van der Waals surface area contributed by atoms with E-state index in [0.717, 1.165) is 0 Å². The van der Waals surface area contributed by atoms with Gasteiger partial charge < -0.3 is 28.2 Å². The molecule has 4 aromatic rings. The molecule has 2 aromatic heterocycles. The third kappa shape index (κ3) is 3.22. The number of hydrogen-bond acceptors (Lipinski definition) is 7. The van der Waals surface area contributed by atoms with E-state index in [1.807, 2.05) is 27.7 Å². The summed E-state index contributed by atoms with van der Waals surface area (Å²) >= 11 is 0. The number of phenols is 1. The minimum atomic E-state index is -0.577. The number of hydrogen-bond donors (Lipinski definition) is 1. The van der Waals surface area contributed by atoms with Gasteiger partial charge in [0.15, 0.2) is 17.1 Å². The molecule has 29 heavy (non-hydrogen) atoms. The monoisotopic (exact) mass is 398 g/mol. The quantitative estimate of drug-likeness (QED) is 0.474. The summed E-state index contributed by atoms with van der Waals surface area (Å²) in [6.07, 6.45) is -0.164. The third-order valence-corrected chi connectivity index (χ3v) is 4.40. The summed E-state index contributed by atoms with van der Waals surface area (Å²) in [5.41, 5.74) is 0.271. The highest BCUT2D eigenvalue weighted by molar-refractivity contribution is 6.15. The van der Waals surface area contributed by atoms with Crippen LogP contribution in [-0.4, -0.2) is 24.4 Å². The van der Waals surface area contributed by atoms with Gasteiger partial charge in [-0.3, -0.25) is 0 Å². The van der Waals surface area contributed by atoms with Crippen molar-refractivity contribution >= 4 is 32.9 Å². The van der Waals surface area contributed by atoms with Gasteiger partial charge in [-0.1, -0.05) is 0 Å². The van der Waals surface area contributed by atoms with Crippen LogP contribution in [0.5, 0.6) is 23.0 Å². The van der Waals surface area contributed by atoms with Crippen molar-refractivity contribution in [1.82, 2.24) is 0 Å². The Bertz CT molecular complexity index is 1280. The standard InChI is InChI=1S/C22H22O7/c1-10(2)26-16-8-13-15(9-17(16)27-11(3)4)28-21-19(13)22(24)29-18-7-12(25-5)6-14(23)20(18)21/h6-11,23H,1-5H3. The number of aromatic hydroxyl groups is 1. The Labute approximate surface area is 166 Å². The van der Waals surface area contributed by atoms with Gasteiger partial charge in [-0.2, -0.15) is 0 Å². The summed E-state index contributed by atoms with van der Waals surface area (Å²) in [5, 5.41) is 11.6. The number of phenolic OH excluding ortho intramolecular Hbond substituents is 1. The molecule has 0 aliphatic rings. The first kappa shape index (κ1) is 19.0. The molecule has 0 fully saturated rings. The average molecular weight is 398 g/mol. The molecule has 0 bridgehead atoms. The number of ether oxygens (including phenoxy) is 3. The maximum atomic E-state index is 12.8. The zero-order valence-corrected chi connectivity index (χ0v) is 16.9. The van der Waals surface area contributed by atoms with Gasteiger partial charge in [0.05, 0.1) is 19.3 Å². The fraction of sp³-hybridized carbons (Fsp3) is 0.318. The van der Waals surface area contributed by atoms with Crippen LogP contribution in [0.2, 0.25) is 0 Å². The van der Waals surface area contributed by atoms with E-state index in [1.54, 1.807) is 12.1 Å². The lowest BCUT2D eigenvalue weighted by atomic mass is 10.1. The number of fused-ring (bicyclic) bond motifs is 5. The Morgan fingerprint density at radius 3 is 2.14 bits per heavy atom.